The maximum absolute atomic E-state index is 11.8. The standard InChI is InChI=1S/C12H24N2O3S/c1-2-18(16,17)14-9-7-13(8-10-14)11-5-3-4-6-12(11)15/h11-12,15H,2-10H2,1H3. The molecule has 0 bridgehead atoms. The summed E-state index contributed by atoms with van der Waals surface area (Å²) >= 11 is 0. The van der Waals surface area contributed by atoms with E-state index in [9.17, 15) is 13.5 Å². The van der Waals surface area contributed by atoms with E-state index in [1.165, 1.54) is 6.42 Å². The van der Waals surface area contributed by atoms with Gasteiger partial charge in [0.15, 0.2) is 0 Å². The van der Waals surface area contributed by atoms with E-state index in [-0.39, 0.29) is 17.9 Å². The smallest absolute Gasteiger partial charge is 0.213 e. The quantitative estimate of drug-likeness (QED) is 0.803. The third-order valence-corrected chi connectivity index (χ3v) is 6.08. The van der Waals surface area contributed by atoms with Crippen LogP contribution < -0.4 is 0 Å². The van der Waals surface area contributed by atoms with E-state index in [0.717, 1.165) is 32.4 Å². The summed E-state index contributed by atoms with van der Waals surface area (Å²) in [6, 6.07) is 0.241. The topological polar surface area (TPSA) is 60.9 Å². The largest absolute Gasteiger partial charge is 0.391 e. The summed E-state index contributed by atoms with van der Waals surface area (Å²) in [4.78, 5) is 2.27. The molecule has 1 aliphatic carbocycles. The van der Waals surface area contributed by atoms with Crippen molar-refractivity contribution < 1.29 is 13.5 Å². The maximum Gasteiger partial charge on any atom is 0.213 e. The molecule has 0 radical (unpaired) electrons. The number of sulfonamides is 1. The summed E-state index contributed by atoms with van der Waals surface area (Å²) < 4.78 is 25.1. The van der Waals surface area contributed by atoms with E-state index in [0.29, 0.717) is 13.1 Å². The summed E-state index contributed by atoms with van der Waals surface area (Å²) in [5.74, 6) is 0.180. The predicted molar refractivity (Wildman–Crippen MR) is 70.9 cm³/mol. The van der Waals surface area contributed by atoms with Gasteiger partial charge < -0.3 is 5.11 Å². The van der Waals surface area contributed by atoms with Crippen molar-refractivity contribution in [2.45, 2.75) is 44.8 Å². The van der Waals surface area contributed by atoms with E-state index in [1.54, 1.807) is 11.2 Å². The van der Waals surface area contributed by atoms with E-state index in [4.69, 9.17) is 0 Å². The monoisotopic (exact) mass is 276 g/mol. The number of piperazine rings is 1. The first-order valence-electron chi connectivity index (χ1n) is 6.94. The van der Waals surface area contributed by atoms with Crippen molar-refractivity contribution in [2.75, 3.05) is 31.9 Å². The van der Waals surface area contributed by atoms with E-state index < -0.39 is 10.0 Å². The molecule has 6 heteroatoms. The normalized spacial score (nSPS) is 32.6. The third-order valence-electron chi connectivity index (χ3n) is 4.19. The van der Waals surface area contributed by atoms with Gasteiger partial charge in [-0.2, -0.15) is 4.31 Å². The van der Waals surface area contributed by atoms with Crippen molar-refractivity contribution in [3.8, 4) is 0 Å². The van der Waals surface area contributed by atoms with Gasteiger partial charge in [-0.05, 0) is 19.8 Å². The predicted octanol–water partition coefficient (Wildman–Crippen LogP) is 0.257. The van der Waals surface area contributed by atoms with Crippen molar-refractivity contribution in [1.29, 1.82) is 0 Å². The molecular weight excluding hydrogens is 252 g/mol. The lowest BCUT2D eigenvalue weighted by atomic mass is 9.91. The number of rotatable bonds is 3. The molecule has 18 heavy (non-hydrogen) atoms. The van der Waals surface area contributed by atoms with Gasteiger partial charge in [0.25, 0.3) is 0 Å². The first-order valence-corrected chi connectivity index (χ1v) is 8.55. The van der Waals surface area contributed by atoms with Gasteiger partial charge in [-0.25, -0.2) is 8.42 Å². The molecule has 0 amide bonds. The highest BCUT2D eigenvalue weighted by molar-refractivity contribution is 7.89. The van der Waals surface area contributed by atoms with Crippen LogP contribution in [0.2, 0.25) is 0 Å². The molecule has 0 aromatic carbocycles. The fraction of sp³-hybridized carbons (Fsp3) is 1.00. The average Bonchev–Trinajstić information content (AvgIpc) is 2.39. The Bertz CT molecular complexity index is 364. The first-order chi connectivity index (χ1) is 8.54. The van der Waals surface area contributed by atoms with Crippen LogP contribution in [0.5, 0.6) is 0 Å². The van der Waals surface area contributed by atoms with Crippen LogP contribution >= 0.6 is 0 Å². The zero-order valence-corrected chi connectivity index (χ0v) is 11.9. The van der Waals surface area contributed by atoms with Gasteiger partial charge in [-0.3, -0.25) is 4.90 Å². The molecular formula is C12H24N2O3S. The molecule has 2 aliphatic rings. The molecule has 2 atom stereocenters. The van der Waals surface area contributed by atoms with Gasteiger partial charge >= 0.3 is 0 Å². The zero-order valence-electron chi connectivity index (χ0n) is 11.1. The second-order valence-corrected chi connectivity index (χ2v) is 7.51. The summed E-state index contributed by atoms with van der Waals surface area (Å²) in [7, 11) is -3.04. The molecule has 1 saturated carbocycles. The van der Waals surface area contributed by atoms with Crippen molar-refractivity contribution in [3.63, 3.8) is 0 Å². The molecule has 2 fully saturated rings. The lowest BCUT2D eigenvalue weighted by molar-refractivity contribution is 0.00642. The highest BCUT2D eigenvalue weighted by Crippen LogP contribution is 2.24. The Balaban J connectivity index is 1.90. The lowest BCUT2D eigenvalue weighted by Crippen LogP contribution is -2.55. The summed E-state index contributed by atoms with van der Waals surface area (Å²) in [6.45, 7) is 4.33. The van der Waals surface area contributed by atoms with Crippen LogP contribution in [0, 0.1) is 0 Å². The van der Waals surface area contributed by atoms with E-state index >= 15 is 0 Å². The molecule has 0 aromatic rings. The van der Waals surface area contributed by atoms with Crippen LogP contribution in [0.4, 0.5) is 0 Å². The average molecular weight is 276 g/mol. The second kappa shape index (κ2) is 5.86. The van der Waals surface area contributed by atoms with Gasteiger partial charge in [0.2, 0.25) is 10.0 Å². The van der Waals surface area contributed by atoms with Gasteiger partial charge in [-0.15, -0.1) is 0 Å². The van der Waals surface area contributed by atoms with Crippen molar-refractivity contribution in [2.24, 2.45) is 0 Å². The molecule has 0 spiro atoms. The SMILES string of the molecule is CCS(=O)(=O)N1CCN(C2CCCCC2O)CC1. The highest BCUT2D eigenvalue weighted by atomic mass is 32.2. The van der Waals surface area contributed by atoms with Crippen LogP contribution in [0.1, 0.15) is 32.6 Å². The minimum absolute atomic E-state index is 0.180. The van der Waals surface area contributed by atoms with Gasteiger partial charge in [-0.1, -0.05) is 12.8 Å². The summed E-state index contributed by atoms with van der Waals surface area (Å²) in [5, 5.41) is 10.0. The fourth-order valence-corrected chi connectivity index (χ4v) is 4.10. The fourth-order valence-electron chi connectivity index (χ4n) is 3.01. The second-order valence-electron chi connectivity index (χ2n) is 5.25. The zero-order chi connectivity index (χ0) is 13.2. The van der Waals surface area contributed by atoms with E-state index in [1.807, 2.05) is 0 Å². The number of hydrogen-bond acceptors (Lipinski definition) is 4. The first kappa shape index (κ1) is 14.2. The Morgan fingerprint density at radius 2 is 1.72 bits per heavy atom. The molecule has 5 nitrogen and oxygen atoms in total. The Labute approximate surface area is 110 Å². The van der Waals surface area contributed by atoms with Crippen LogP contribution in [-0.2, 0) is 10.0 Å². The highest BCUT2D eigenvalue weighted by Gasteiger charge is 2.33. The molecule has 1 N–H and O–H groups in total. The molecule has 106 valence electrons. The molecule has 2 rings (SSSR count). The third kappa shape index (κ3) is 3.04. The van der Waals surface area contributed by atoms with Crippen LogP contribution in [0.25, 0.3) is 0 Å². The molecule has 0 aromatic heterocycles. The van der Waals surface area contributed by atoms with Crippen molar-refractivity contribution in [1.82, 2.24) is 9.21 Å². The number of aliphatic hydroxyl groups excluding tert-OH is 1. The van der Waals surface area contributed by atoms with E-state index in [2.05, 4.69) is 4.90 Å². The number of aliphatic hydroxyl groups is 1. The molecule has 1 heterocycles. The van der Waals surface area contributed by atoms with Gasteiger partial charge in [0.05, 0.1) is 11.9 Å². The molecule has 1 saturated heterocycles. The summed E-state index contributed by atoms with van der Waals surface area (Å²) in [5.41, 5.74) is 0. The lowest BCUT2D eigenvalue weighted by Gasteiger charge is -2.42. The number of nitrogens with zero attached hydrogens (tertiary/aromatic N) is 2. The minimum Gasteiger partial charge on any atom is -0.391 e. The Kier molecular flexibility index (Phi) is 4.64. The molecule has 1 aliphatic heterocycles. The Morgan fingerprint density at radius 1 is 1.11 bits per heavy atom. The minimum atomic E-state index is -3.04. The van der Waals surface area contributed by atoms with Gasteiger partial charge in [0, 0.05) is 32.2 Å². The summed E-state index contributed by atoms with van der Waals surface area (Å²) in [6.07, 6.45) is 3.99. The molecule has 2 unspecified atom stereocenters. The van der Waals surface area contributed by atoms with Crippen LogP contribution in [0.15, 0.2) is 0 Å². The Morgan fingerprint density at radius 3 is 2.28 bits per heavy atom. The Hall–Kier alpha value is -0.170. The van der Waals surface area contributed by atoms with Crippen molar-refractivity contribution >= 4 is 10.0 Å². The number of hydrogen-bond donors (Lipinski definition) is 1. The maximum atomic E-state index is 11.8. The van der Waals surface area contributed by atoms with Crippen LogP contribution in [0.3, 0.4) is 0 Å². The van der Waals surface area contributed by atoms with Crippen molar-refractivity contribution in [3.05, 3.63) is 0 Å². The van der Waals surface area contributed by atoms with Crippen LogP contribution in [-0.4, -0.2) is 66.8 Å². The van der Waals surface area contributed by atoms with Gasteiger partial charge in [0.1, 0.15) is 0 Å².